The molecule has 4 N–H and O–H groups in total. The van der Waals surface area contributed by atoms with Crippen LogP contribution >= 0.6 is 0 Å². The molecule has 0 unspecified atom stereocenters. The van der Waals surface area contributed by atoms with Gasteiger partial charge in [-0.25, -0.2) is 0 Å². The number of β-amino-alcohol motifs (C(OH)–C–C–N with tert-alkyl or cyclic N) is 1. The largest absolute Gasteiger partial charge is 0.395 e. The number of aliphatic hydroxyl groups excluding tert-OH is 2. The zero-order valence-corrected chi connectivity index (χ0v) is 10.8. The summed E-state index contributed by atoms with van der Waals surface area (Å²) in [7, 11) is 0. The number of unbranched alkanes of at least 4 members (excludes halogenated alkanes) is 2. The van der Waals surface area contributed by atoms with E-state index in [2.05, 4.69) is 24.5 Å². The van der Waals surface area contributed by atoms with Gasteiger partial charge < -0.3 is 20.8 Å². The Morgan fingerprint density at radius 2 is 1.56 bits per heavy atom. The number of rotatable bonds is 11. The summed E-state index contributed by atoms with van der Waals surface area (Å²) in [6.45, 7) is 7.13. The van der Waals surface area contributed by atoms with Crippen molar-refractivity contribution in [2.75, 3.05) is 32.8 Å². The maximum Gasteiger partial charge on any atom is 0.0556 e. The van der Waals surface area contributed by atoms with Gasteiger partial charge in [-0.05, 0) is 33.2 Å². The Hall–Kier alpha value is -0.160. The van der Waals surface area contributed by atoms with Crippen LogP contribution in [0.15, 0.2) is 0 Å². The molecule has 0 radical (unpaired) electrons. The summed E-state index contributed by atoms with van der Waals surface area (Å²) in [6, 6.07) is 0. The van der Waals surface area contributed by atoms with Crippen LogP contribution < -0.4 is 10.6 Å². The summed E-state index contributed by atoms with van der Waals surface area (Å²) in [6.07, 6.45) is 4.71. The molecule has 0 amide bonds. The molecule has 4 heteroatoms. The molecule has 0 atom stereocenters. The van der Waals surface area contributed by atoms with Crippen molar-refractivity contribution in [3.05, 3.63) is 0 Å². The summed E-state index contributed by atoms with van der Waals surface area (Å²) >= 11 is 0. The SMILES string of the molecule is CC(C)(CCCCCNCCO)NCCO. The quantitative estimate of drug-likeness (QED) is 0.392. The fraction of sp³-hybridized carbons (Fsp3) is 1.00. The molecular weight excluding hydrogens is 204 g/mol. The summed E-state index contributed by atoms with van der Waals surface area (Å²) < 4.78 is 0. The smallest absolute Gasteiger partial charge is 0.0556 e. The molecule has 0 spiro atoms. The minimum absolute atomic E-state index is 0.126. The van der Waals surface area contributed by atoms with Gasteiger partial charge in [0.1, 0.15) is 0 Å². The van der Waals surface area contributed by atoms with E-state index < -0.39 is 0 Å². The first-order valence-electron chi connectivity index (χ1n) is 6.30. The molecule has 0 aromatic rings. The summed E-state index contributed by atoms with van der Waals surface area (Å²) in [4.78, 5) is 0. The highest BCUT2D eigenvalue weighted by molar-refractivity contribution is 4.76. The van der Waals surface area contributed by atoms with Gasteiger partial charge in [0.05, 0.1) is 13.2 Å². The topological polar surface area (TPSA) is 64.5 Å². The molecule has 98 valence electrons. The molecule has 0 saturated carbocycles. The summed E-state index contributed by atoms with van der Waals surface area (Å²) in [5.74, 6) is 0. The Morgan fingerprint density at radius 3 is 2.19 bits per heavy atom. The third-order valence-corrected chi connectivity index (χ3v) is 2.66. The highest BCUT2D eigenvalue weighted by atomic mass is 16.3. The molecule has 4 nitrogen and oxygen atoms in total. The van der Waals surface area contributed by atoms with Gasteiger partial charge in [-0.1, -0.05) is 12.8 Å². The highest BCUT2D eigenvalue weighted by Crippen LogP contribution is 2.13. The van der Waals surface area contributed by atoms with Gasteiger partial charge in [0, 0.05) is 18.6 Å². The molecule has 0 fully saturated rings. The van der Waals surface area contributed by atoms with Gasteiger partial charge in [0.25, 0.3) is 0 Å². The summed E-state index contributed by atoms with van der Waals surface area (Å²) in [5.41, 5.74) is 0.126. The standard InChI is InChI=1S/C12H28N2O2/c1-12(2,14-9-11-16)6-4-3-5-7-13-8-10-15/h13-16H,3-11H2,1-2H3. The van der Waals surface area contributed by atoms with Crippen molar-refractivity contribution in [2.24, 2.45) is 0 Å². The molecule has 0 rings (SSSR count). The van der Waals surface area contributed by atoms with Crippen molar-refractivity contribution in [1.82, 2.24) is 10.6 Å². The average molecular weight is 232 g/mol. The first-order chi connectivity index (χ1) is 7.62. The van der Waals surface area contributed by atoms with E-state index in [1.54, 1.807) is 0 Å². The molecule has 0 saturated heterocycles. The third kappa shape index (κ3) is 10.4. The Balaban J connectivity index is 3.29. The molecule has 0 aromatic carbocycles. The van der Waals surface area contributed by atoms with Crippen LogP contribution in [0.4, 0.5) is 0 Å². The lowest BCUT2D eigenvalue weighted by atomic mass is 9.96. The number of hydrogen-bond acceptors (Lipinski definition) is 4. The molecule has 0 aliphatic rings. The van der Waals surface area contributed by atoms with E-state index >= 15 is 0 Å². The van der Waals surface area contributed by atoms with Crippen LogP contribution in [-0.2, 0) is 0 Å². The van der Waals surface area contributed by atoms with Gasteiger partial charge in [-0.2, -0.15) is 0 Å². The van der Waals surface area contributed by atoms with Crippen molar-refractivity contribution in [3.8, 4) is 0 Å². The van der Waals surface area contributed by atoms with E-state index in [0.29, 0.717) is 13.1 Å². The van der Waals surface area contributed by atoms with Crippen LogP contribution in [0.5, 0.6) is 0 Å². The van der Waals surface area contributed by atoms with Crippen LogP contribution in [0.1, 0.15) is 39.5 Å². The van der Waals surface area contributed by atoms with Crippen LogP contribution in [0, 0.1) is 0 Å². The zero-order chi connectivity index (χ0) is 12.3. The van der Waals surface area contributed by atoms with Crippen LogP contribution in [0.25, 0.3) is 0 Å². The second-order valence-electron chi connectivity index (χ2n) is 4.82. The molecule has 0 aromatic heterocycles. The van der Waals surface area contributed by atoms with E-state index in [1.165, 1.54) is 12.8 Å². The monoisotopic (exact) mass is 232 g/mol. The van der Waals surface area contributed by atoms with Gasteiger partial charge in [-0.15, -0.1) is 0 Å². The van der Waals surface area contributed by atoms with Gasteiger partial charge in [0.2, 0.25) is 0 Å². The minimum atomic E-state index is 0.126. The van der Waals surface area contributed by atoms with Crippen molar-refractivity contribution < 1.29 is 10.2 Å². The molecular formula is C12H28N2O2. The highest BCUT2D eigenvalue weighted by Gasteiger charge is 2.15. The Morgan fingerprint density at radius 1 is 0.875 bits per heavy atom. The Bertz CT molecular complexity index is 152. The maximum absolute atomic E-state index is 8.73. The van der Waals surface area contributed by atoms with Crippen LogP contribution in [0.2, 0.25) is 0 Å². The zero-order valence-electron chi connectivity index (χ0n) is 10.8. The first kappa shape index (κ1) is 15.8. The second kappa shape index (κ2) is 10.0. The van der Waals surface area contributed by atoms with Crippen molar-refractivity contribution >= 4 is 0 Å². The van der Waals surface area contributed by atoms with Gasteiger partial charge >= 0.3 is 0 Å². The number of nitrogens with one attached hydrogen (secondary N) is 2. The molecule has 0 aliphatic heterocycles. The van der Waals surface area contributed by atoms with E-state index in [-0.39, 0.29) is 18.8 Å². The molecule has 0 bridgehead atoms. The fourth-order valence-corrected chi connectivity index (χ4v) is 1.68. The van der Waals surface area contributed by atoms with Gasteiger partial charge in [0.15, 0.2) is 0 Å². The number of aliphatic hydroxyl groups is 2. The predicted octanol–water partition coefficient (Wildman–Crippen LogP) is 0.489. The molecule has 0 aliphatic carbocycles. The minimum Gasteiger partial charge on any atom is -0.395 e. The van der Waals surface area contributed by atoms with Crippen molar-refractivity contribution in [2.45, 2.75) is 45.1 Å². The lowest BCUT2D eigenvalue weighted by Gasteiger charge is -2.26. The lowest BCUT2D eigenvalue weighted by Crippen LogP contribution is -2.40. The van der Waals surface area contributed by atoms with E-state index in [0.717, 1.165) is 19.4 Å². The van der Waals surface area contributed by atoms with Crippen molar-refractivity contribution in [1.29, 1.82) is 0 Å². The average Bonchev–Trinajstić information content (AvgIpc) is 2.25. The maximum atomic E-state index is 8.73. The van der Waals surface area contributed by atoms with E-state index in [9.17, 15) is 0 Å². The molecule has 16 heavy (non-hydrogen) atoms. The van der Waals surface area contributed by atoms with E-state index in [1.807, 2.05) is 0 Å². The van der Waals surface area contributed by atoms with Crippen LogP contribution in [0.3, 0.4) is 0 Å². The number of hydrogen-bond donors (Lipinski definition) is 4. The Kier molecular flexibility index (Phi) is 9.92. The Labute approximate surface area is 99.4 Å². The summed E-state index contributed by atoms with van der Waals surface area (Å²) in [5, 5.41) is 23.8. The van der Waals surface area contributed by atoms with Crippen molar-refractivity contribution in [3.63, 3.8) is 0 Å². The normalized spacial score (nSPS) is 12.0. The van der Waals surface area contributed by atoms with Crippen LogP contribution in [-0.4, -0.2) is 48.6 Å². The molecule has 0 heterocycles. The third-order valence-electron chi connectivity index (χ3n) is 2.66. The van der Waals surface area contributed by atoms with E-state index in [4.69, 9.17) is 10.2 Å². The fourth-order valence-electron chi connectivity index (χ4n) is 1.68. The lowest BCUT2D eigenvalue weighted by molar-refractivity contribution is 0.258. The predicted molar refractivity (Wildman–Crippen MR) is 67.6 cm³/mol. The second-order valence-corrected chi connectivity index (χ2v) is 4.82. The van der Waals surface area contributed by atoms with Gasteiger partial charge in [-0.3, -0.25) is 0 Å². The first-order valence-corrected chi connectivity index (χ1v) is 6.30.